The summed E-state index contributed by atoms with van der Waals surface area (Å²) in [4.78, 5) is 11.9. The maximum atomic E-state index is 11.9. The van der Waals surface area contributed by atoms with Crippen LogP contribution in [0.4, 0.5) is 0 Å². The lowest BCUT2D eigenvalue weighted by atomic mass is 9.90. The molecule has 1 fully saturated rings. The van der Waals surface area contributed by atoms with Gasteiger partial charge < -0.3 is 9.47 Å². The number of hydrogen-bond donors (Lipinski definition) is 2. The molecular formula is C17H23N2O3+. The third-order valence-corrected chi connectivity index (χ3v) is 3.96. The van der Waals surface area contributed by atoms with Crippen LogP contribution in [0, 0.1) is 6.92 Å². The van der Waals surface area contributed by atoms with Crippen molar-refractivity contribution in [2.24, 2.45) is 0 Å². The minimum atomic E-state index is -0.405. The van der Waals surface area contributed by atoms with Crippen LogP contribution < -0.4 is 10.5 Å². The first kappa shape index (κ1) is 16.1. The van der Waals surface area contributed by atoms with Crippen LogP contribution >= 0.6 is 0 Å². The largest absolute Gasteiger partial charge is 0.455 e. The van der Waals surface area contributed by atoms with E-state index in [-0.39, 0.29) is 5.91 Å². The Balaban J connectivity index is 1.93. The van der Waals surface area contributed by atoms with E-state index < -0.39 is 11.2 Å². The van der Waals surface area contributed by atoms with Crippen molar-refractivity contribution in [3.05, 3.63) is 47.4 Å². The smallest absolute Gasteiger partial charge is 0.304 e. The zero-order chi connectivity index (χ0) is 16.4. The minimum Gasteiger partial charge on any atom is -0.455 e. The molecule has 5 nitrogen and oxygen atoms in total. The van der Waals surface area contributed by atoms with Crippen LogP contribution in [0.2, 0.25) is 0 Å². The quantitative estimate of drug-likeness (QED) is 0.652. The molecule has 0 aliphatic carbocycles. The summed E-state index contributed by atoms with van der Waals surface area (Å²) in [7, 11) is 0. The van der Waals surface area contributed by atoms with Gasteiger partial charge in [-0.1, -0.05) is 17.7 Å². The Bertz CT molecular complexity index is 595. The Morgan fingerprint density at radius 2 is 1.64 bits per heavy atom. The van der Waals surface area contributed by atoms with E-state index in [2.05, 4.69) is 10.5 Å². The van der Waals surface area contributed by atoms with E-state index in [0.29, 0.717) is 11.5 Å². The van der Waals surface area contributed by atoms with Gasteiger partial charge >= 0.3 is 5.91 Å². The predicted molar refractivity (Wildman–Crippen MR) is 84.1 cm³/mol. The summed E-state index contributed by atoms with van der Waals surface area (Å²) in [5.74, 6) is 0.218. The maximum absolute atomic E-state index is 11.9. The lowest BCUT2D eigenvalue weighted by molar-refractivity contribution is -0.502. The monoisotopic (exact) mass is 303 g/mol. The van der Waals surface area contributed by atoms with Crippen molar-refractivity contribution in [1.29, 1.82) is 0 Å². The van der Waals surface area contributed by atoms with E-state index in [9.17, 15) is 4.79 Å². The van der Waals surface area contributed by atoms with E-state index in [4.69, 9.17) is 9.47 Å². The number of allylic oxidation sites excluding steroid dienone is 1. The number of rotatable bonds is 3. The molecule has 0 bridgehead atoms. The molecule has 1 heterocycles. The van der Waals surface area contributed by atoms with Crippen molar-refractivity contribution in [2.75, 3.05) is 0 Å². The topological polar surface area (TPSA) is 61.5 Å². The van der Waals surface area contributed by atoms with Gasteiger partial charge in [-0.3, -0.25) is 4.79 Å². The number of ether oxygens (including phenoxy) is 2. The van der Waals surface area contributed by atoms with Crippen LogP contribution in [0.1, 0.15) is 43.6 Å². The first-order valence-corrected chi connectivity index (χ1v) is 7.25. The lowest BCUT2D eigenvalue weighted by Gasteiger charge is -2.28. The molecule has 0 atom stereocenters. The fraction of sp³-hybridized carbons (Fsp3) is 0.412. The van der Waals surface area contributed by atoms with Gasteiger partial charge in [-0.25, -0.2) is 0 Å². The Labute approximate surface area is 131 Å². The molecule has 1 aromatic rings. The van der Waals surface area contributed by atoms with Gasteiger partial charge in [-0.15, -0.1) is 10.5 Å². The van der Waals surface area contributed by atoms with Gasteiger partial charge in [0.05, 0.1) is 6.08 Å². The summed E-state index contributed by atoms with van der Waals surface area (Å²) in [6, 6.07) is 7.34. The second-order valence-electron chi connectivity index (χ2n) is 6.34. The first-order valence-electron chi connectivity index (χ1n) is 7.25. The molecule has 1 amide bonds. The minimum absolute atomic E-state index is 0.205. The molecule has 1 aromatic carbocycles. The van der Waals surface area contributed by atoms with Gasteiger partial charge in [0, 0.05) is 5.56 Å². The Morgan fingerprint density at radius 1 is 1.09 bits per heavy atom. The SMILES string of the molecule is Cc1ccc(C(=O)N/[NH+]=C/C=C2OC(C)(C)C(C)(C)O2)cc1. The average Bonchev–Trinajstić information content (AvgIpc) is 2.63. The zero-order valence-electron chi connectivity index (χ0n) is 13.7. The number of carbonyl (C=O) groups is 1. The molecule has 2 rings (SSSR count). The standard InChI is InChI=1S/C17H22N2O3/c1-12-6-8-13(9-7-12)15(20)19-18-11-10-14-21-16(2,3)17(4,5)22-14/h6-11H,1-5H3,(H,19,20)/p+1/b18-11+. The van der Waals surface area contributed by atoms with Gasteiger partial charge in [0.25, 0.3) is 5.95 Å². The molecule has 1 aliphatic heterocycles. The van der Waals surface area contributed by atoms with Gasteiger partial charge in [0.15, 0.2) is 6.21 Å². The third kappa shape index (κ3) is 3.47. The van der Waals surface area contributed by atoms with Crippen molar-refractivity contribution in [3.8, 4) is 0 Å². The third-order valence-electron chi connectivity index (χ3n) is 3.96. The van der Waals surface area contributed by atoms with Crippen LogP contribution in [0.25, 0.3) is 0 Å². The van der Waals surface area contributed by atoms with Gasteiger partial charge in [-0.2, -0.15) is 0 Å². The molecule has 5 heteroatoms. The van der Waals surface area contributed by atoms with Gasteiger partial charge in [0.1, 0.15) is 11.2 Å². The molecule has 1 saturated heterocycles. The molecular weight excluding hydrogens is 280 g/mol. The van der Waals surface area contributed by atoms with Crippen molar-refractivity contribution < 1.29 is 19.4 Å². The van der Waals surface area contributed by atoms with Gasteiger partial charge in [0.2, 0.25) is 0 Å². The molecule has 0 saturated carbocycles. The second kappa shape index (κ2) is 5.83. The van der Waals surface area contributed by atoms with Crippen LogP contribution in [-0.2, 0) is 9.47 Å². The lowest BCUT2D eigenvalue weighted by Crippen LogP contribution is -2.81. The van der Waals surface area contributed by atoms with Crippen LogP contribution in [0.3, 0.4) is 0 Å². The van der Waals surface area contributed by atoms with E-state index in [1.807, 2.05) is 46.8 Å². The van der Waals surface area contributed by atoms with E-state index >= 15 is 0 Å². The Hall–Kier alpha value is -2.30. The number of hydrogen-bond acceptors (Lipinski definition) is 3. The number of carbonyl (C=O) groups excluding carboxylic acids is 1. The number of amides is 1. The summed E-state index contributed by atoms with van der Waals surface area (Å²) < 4.78 is 11.4. The molecule has 0 aromatic heterocycles. The highest BCUT2D eigenvalue weighted by Crippen LogP contribution is 2.39. The highest BCUT2D eigenvalue weighted by Gasteiger charge is 2.48. The molecule has 0 radical (unpaired) electrons. The van der Waals surface area contributed by atoms with Gasteiger partial charge in [-0.05, 0) is 46.8 Å². The molecule has 22 heavy (non-hydrogen) atoms. The van der Waals surface area contributed by atoms with E-state index in [0.717, 1.165) is 5.56 Å². The highest BCUT2D eigenvalue weighted by atomic mass is 16.7. The van der Waals surface area contributed by atoms with Crippen molar-refractivity contribution in [3.63, 3.8) is 0 Å². The fourth-order valence-corrected chi connectivity index (χ4v) is 1.83. The van der Waals surface area contributed by atoms with E-state index in [1.54, 1.807) is 24.4 Å². The number of nitrogens with one attached hydrogen (secondary N) is 2. The van der Waals surface area contributed by atoms with Crippen molar-refractivity contribution in [1.82, 2.24) is 5.43 Å². The zero-order valence-corrected chi connectivity index (χ0v) is 13.7. The number of hydrazine groups is 1. The molecule has 0 spiro atoms. The second-order valence-corrected chi connectivity index (χ2v) is 6.34. The van der Waals surface area contributed by atoms with Crippen LogP contribution in [0.5, 0.6) is 0 Å². The average molecular weight is 303 g/mol. The molecule has 118 valence electrons. The first-order chi connectivity index (χ1) is 10.2. The predicted octanol–water partition coefficient (Wildman–Crippen LogP) is 1.24. The number of aryl methyl sites for hydroxylation is 1. The van der Waals surface area contributed by atoms with Crippen molar-refractivity contribution >= 4 is 12.1 Å². The van der Waals surface area contributed by atoms with Crippen molar-refractivity contribution in [2.45, 2.75) is 45.8 Å². The summed E-state index contributed by atoms with van der Waals surface area (Å²) in [5, 5.41) is 2.72. The normalized spacial score (nSPS) is 18.7. The maximum Gasteiger partial charge on any atom is 0.304 e. The molecule has 0 unspecified atom stereocenters. The van der Waals surface area contributed by atoms with Crippen LogP contribution in [0.15, 0.2) is 36.3 Å². The number of hydrazone groups is 1. The summed E-state index contributed by atoms with van der Waals surface area (Å²) in [5.41, 5.74) is 3.48. The fourth-order valence-electron chi connectivity index (χ4n) is 1.83. The highest BCUT2D eigenvalue weighted by molar-refractivity contribution is 5.93. The summed E-state index contributed by atoms with van der Waals surface area (Å²) in [6.07, 6.45) is 3.21. The Morgan fingerprint density at radius 3 is 2.18 bits per heavy atom. The van der Waals surface area contributed by atoms with E-state index in [1.165, 1.54) is 0 Å². The molecule has 1 aliphatic rings. The van der Waals surface area contributed by atoms with Crippen LogP contribution in [-0.4, -0.2) is 23.3 Å². The molecule has 2 N–H and O–H groups in total. The number of benzene rings is 1. The Kier molecular flexibility index (Phi) is 4.26. The summed E-state index contributed by atoms with van der Waals surface area (Å²) >= 11 is 0. The summed E-state index contributed by atoms with van der Waals surface area (Å²) in [6.45, 7) is 9.87.